The summed E-state index contributed by atoms with van der Waals surface area (Å²) in [6.07, 6.45) is 5.41. The molecule has 1 aromatic rings. The highest BCUT2D eigenvalue weighted by Crippen LogP contribution is 2.36. The van der Waals surface area contributed by atoms with Gasteiger partial charge in [0, 0.05) is 12.0 Å². The second-order valence-corrected chi connectivity index (χ2v) is 4.78. The molecule has 1 aliphatic carbocycles. The van der Waals surface area contributed by atoms with Crippen molar-refractivity contribution >= 4 is 0 Å². The molecule has 0 aliphatic heterocycles. The zero-order valence-electron chi connectivity index (χ0n) is 9.98. The molecule has 0 bridgehead atoms. The van der Waals surface area contributed by atoms with Crippen molar-refractivity contribution in [1.82, 2.24) is 15.0 Å². The molecule has 1 aliphatic rings. The molecule has 0 atom stereocenters. The van der Waals surface area contributed by atoms with E-state index in [1.165, 1.54) is 31.4 Å². The minimum Gasteiger partial charge on any atom is -0.246 e. The average molecular weight is 218 g/mol. The van der Waals surface area contributed by atoms with Gasteiger partial charge in [-0.05, 0) is 26.7 Å². The number of hydrogen-bond donors (Lipinski definition) is 0. The summed E-state index contributed by atoms with van der Waals surface area (Å²) in [6, 6.07) is 2.51. The molecule has 0 N–H and O–H groups in total. The molecule has 0 unspecified atom stereocenters. The highest BCUT2D eigenvalue weighted by atomic mass is 15.4. The van der Waals surface area contributed by atoms with Gasteiger partial charge in [-0.1, -0.05) is 18.1 Å². The van der Waals surface area contributed by atoms with Gasteiger partial charge >= 0.3 is 0 Å². The molecule has 1 saturated carbocycles. The van der Waals surface area contributed by atoms with Crippen molar-refractivity contribution in [2.75, 3.05) is 0 Å². The number of aromatic nitrogens is 3. The molecular formula is C12H18N4. The van der Waals surface area contributed by atoms with Crippen LogP contribution in [0.25, 0.3) is 0 Å². The van der Waals surface area contributed by atoms with Crippen LogP contribution in [0.3, 0.4) is 0 Å². The Balaban J connectivity index is 2.36. The molecule has 16 heavy (non-hydrogen) atoms. The van der Waals surface area contributed by atoms with E-state index >= 15 is 0 Å². The van der Waals surface area contributed by atoms with E-state index in [1.54, 1.807) is 0 Å². The summed E-state index contributed by atoms with van der Waals surface area (Å²) in [5.41, 5.74) is 2.11. The molecule has 86 valence electrons. The largest absolute Gasteiger partial charge is 0.246 e. The van der Waals surface area contributed by atoms with Crippen LogP contribution >= 0.6 is 0 Å². The Morgan fingerprint density at radius 2 is 2.12 bits per heavy atom. The van der Waals surface area contributed by atoms with Gasteiger partial charge in [0.1, 0.15) is 5.69 Å². The molecular weight excluding hydrogens is 200 g/mol. The lowest BCUT2D eigenvalue weighted by Gasteiger charge is -2.15. The first-order chi connectivity index (χ1) is 7.74. The quantitative estimate of drug-likeness (QED) is 0.783. The van der Waals surface area contributed by atoms with Crippen molar-refractivity contribution in [3.8, 4) is 6.07 Å². The van der Waals surface area contributed by atoms with E-state index in [1.807, 2.05) is 4.68 Å². The van der Waals surface area contributed by atoms with E-state index in [9.17, 15) is 0 Å². The molecule has 0 amide bonds. The number of rotatable bonds is 3. The van der Waals surface area contributed by atoms with Crippen LogP contribution in [0, 0.1) is 11.3 Å². The van der Waals surface area contributed by atoms with Crippen LogP contribution in [-0.2, 0) is 6.42 Å². The number of hydrogen-bond acceptors (Lipinski definition) is 3. The Morgan fingerprint density at radius 3 is 2.69 bits per heavy atom. The van der Waals surface area contributed by atoms with Crippen LogP contribution in [-0.4, -0.2) is 15.0 Å². The Hall–Kier alpha value is -1.37. The molecule has 4 nitrogen and oxygen atoms in total. The Morgan fingerprint density at radius 1 is 1.44 bits per heavy atom. The van der Waals surface area contributed by atoms with Crippen molar-refractivity contribution in [3.63, 3.8) is 0 Å². The second kappa shape index (κ2) is 4.65. The topological polar surface area (TPSA) is 54.5 Å². The molecule has 1 heterocycles. The first kappa shape index (κ1) is 11.1. The van der Waals surface area contributed by atoms with E-state index < -0.39 is 0 Å². The SMILES string of the molecule is CC(C)n1nnc(CC#N)c1C1CCCC1. The van der Waals surface area contributed by atoms with Gasteiger partial charge in [0.15, 0.2) is 0 Å². The Bertz CT molecular complexity index is 394. The van der Waals surface area contributed by atoms with Crippen molar-refractivity contribution in [1.29, 1.82) is 5.26 Å². The van der Waals surface area contributed by atoms with Crippen LogP contribution in [0.4, 0.5) is 0 Å². The molecule has 1 aromatic heterocycles. The minimum atomic E-state index is 0.329. The van der Waals surface area contributed by atoms with Crippen LogP contribution < -0.4 is 0 Å². The lowest BCUT2D eigenvalue weighted by Crippen LogP contribution is -2.11. The summed E-state index contributed by atoms with van der Waals surface area (Å²) in [4.78, 5) is 0. The third kappa shape index (κ3) is 1.95. The summed E-state index contributed by atoms with van der Waals surface area (Å²) >= 11 is 0. The van der Waals surface area contributed by atoms with Gasteiger partial charge < -0.3 is 0 Å². The van der Waals surface area contributed by atoms with Crippen molar-refractivity contribution in [2.24, 2.45) is 0 Å². The fourth-order valence-electron chi connectivity index (χ4n) is 2.54. The molecule has 0 spiro atoms. The van der Waals surface area contributed by atoms with Crippen molar-refractivity contribution < 1.29 is 0 Å². The van der Waals surface area contributed by atoms with E-state index in [2.05, 4.69) is 30.2 Å². The lowest BCUT2D eigenvalue weighted by atomic mass is 10.0. The lowest BCUT2D eigenvalue weighted by molar-refractivity contribution is 0.473. The highest BCUT2D eigenvalue weighted by Gasteiger charge is 2.26. The summed E-state index contributed by atoms with van der Waals surface area (Å²) < 4.78 is 2.00. The van der Waals surface area contributed by atoms with Crippen LogP contribution in [0.2, 0.25) is 0 Å². The number of nitriles is 1. The first-order valence-electron chi connectivity index (χ1n) is 6.05. The third-order valence-corrected chi connectivity index (χ3v) is 3.28. The van der Waals surface area contributed by atoms with E-state index in [0.717, 1.165) is 5.69 Å². The van der Waals surface area contributed by atoms with Gasteiger partial charge in [-0.2, -0.15) is 5.26 Å². The van der Waals surface area contributed by atoms with Gasteiger partial charge in [0.25, 0.3) is 0 Å². The van der Waals surface area contributed by atoms with E-state index in [0.29, 0.717) is 18.4 Å². The normalized spacial score (nSPS) is 16.9. The van der Waals surface area contributed by atoms with Gasteiger partial charge in [0.2, 0.25) is 0 Å². The predicted octanol–water partition coefficient (Wildman–Crippen LogP) is 2.58. The Labute approximate surface area is 96.3 Å². The zero-order valence-corrected chi connectivity index (χ0v) is 9.98. The van der Waals surface area contributed by atoms with Crippen LogP contribution in [0.1, 0.15) is 62.9 Å². The summed E-state index contributed by atoms with van der Waals surface area (Å²) in [7, 11) is 0. The van der Waals surface area contributed by atoms with Gasteiger partial charge in [-0.3, -0.25) is 0 Å². The average Bonchev–Trinajstić information content (AvgIpc) is 2.84. The molecule has 2 rings (SSSR count). The smallest absolute Gasteiger partial charge is 0.100 e. The van der Waals surface area contributed by atoms with Crippen LogP contribution in [0.15, 0.2) is 0 Å². The Kier molecular flexibility index (Phi) is 3.23. The molecule has 0 aromatic carbocycles. The van der Waals surface area contributed by atoms with E-state index in [-0.39, 0.29) is 0 Å². The standard InChI is InChI=1S/C12H18N4/c1-9(2)16-12(10-5-3-4-6-10)11(7-8-13)14-15-16/h9-10H,3-7H2,1-2H3. The summed E-state index contributed by atoms with van der Waals surface area (Å²) in [5.74, 6) is 0.570. The first-order valence-corrected chi connectivity index (χ1v) is 6.05. The predicted molar refractivity (Wildman–Crippen MR) is 60.9 cm³/mol. The second-order valence-electron chi connectivity index (χ2n) is 4.78. The summed E-state index contributed by atoms with van der Waals surface area (Å²) in [6.45, 7) is 4.23. The highest BCUT2D eigenvalue weighted by molar-refractivity contribution is 5.20. The molecule has 4 heteroatoms. The molecule has 0 saturated heterocycles. The zero-order chi connectivity index (χ0) is 11.5. The maximum absolute atomic E-state index is 8.81. The maximum Gasteiger partial charge on any atom is 0.100 e. The third-order valence-electron chi connectivity index (χ3n) is 3.28. The fraction of sp³-hybridized carbons (Fsp3) is 0.750. The monoisotopic (exact) mass is 218 g/mol. The van der Waals surface area contributed by atoms with Crippen LogP contribution in [0.5, 0.6) is 0 Å². The van der Waals surface area contributed by atoms with Crippen molar-refractivity contribution in [3.05, 3.63) is 11.4 Å². The summed E-state index contributed by atoms with van der Waals surface area (Å²) in [5, 5.41) is 17.2. The molecule has 1 fully saturated rings. The fourth-order valence-corrected chi connectivity index (χ4v) is 2.54. The van der Waals surface area contributed by atoms with E-state index in [4.69, 9.17) is 5.26 Å². The minimum absolute atomic E-state index is 0.329. The van der Waals surface area contributed by atoms with Gasteiger partial charge in [-0.15, -0.1) is 5.10 Å². The maximum atomic E-state index is 8.81. The molecule has 0 radical (unpaired) electrons. The van der Waals surface area contributed by atoms with Gasteiger partial charge in [0.05, 0.1) is 18.2 Å². The number of nitrogens with zero attached hydrogens (tertiary/aromatic N) is 4. The van der Waals surface area contributed by atoms with Gasteiger partial charge in [-0.25, -0.2) is 4.68 Å². The van der Waals surface area contributed by atoms with Crippen molar-refractivity contribution in [2.45, 2.75) is 57.9 Å².